The molecule has 1 aliphatic rings. The molecule has 82 valence electrons. The predicted octanol–water partition coefficient (Wildman–Crippen LogP) is 0.897. The van der Waals surface area contributed by atoms with Crippen LogP contribution in [0.25, 0.3) is 0 Å². The van der Waals surface area contributed by atoms with E-state index in [2.05, 4.69) is 15.3 Å². The SMILES string of the molecule is Nc1nc(Cl)cc(NCC2(CO)CC2)n1. The second-order valence-corrected chi connectivity index (χ2v) is 4.33. The fourth-order valence-electron chi connectivity index (χ4n) is 1.37. The van der Waals surface area contributed by atoms with Gasteiger partial charge in [-0.05, 0) is 12.8 Å². The van der Waals surface area contributed by atoms with Gasteiger partial charge >= 0.3 is 0 Å². The molecule has 1 saturated carbocycles. The lowest BCUT2D eigenvalue weighted by Gasteiger charge is -2.13. The molecule has 0 unspecified atom stereocenters. The third-order valence-electron chi connectivity index (χ3n) is 2.65. The third-order valence-corrected chi connectivity index (χ3v) is 2.84. The van der Waals surface area contributed by atoms with Gasteiger partial charge in [0.1, 0.15) is 11.0 Å². The normalized spacial score (nSPS) is 17.5. The number of rotatable bonds is 4. The number of aliphatic hydroxyl groups is 1. The first kappa shape index (κ1) is 10.4. The van der Waals surface area contributed by atoms with E-state index in [-0.39, 0.29) is 18.0 Å². The Kier molecular flexibility index (Phi) is 2.67. The van der Waals surface area contributed by atoms with Crippen molar-refractivity contribution in [2.24, 2.45) is 5.41 Å². The van der Waals surface area contributed by atoms with Crippen LogP contribution in [0.15, 0.2) is 6.07 Å². The second-order valence-electron chi connectivity index (χ2n) is 3.95. The van der Waals surface area contributed by atoms with E-state index in [1.165, 1.54) is 0 Å². The summed E-state index contributed by atoms with van der Waals surface area (Å²) >= 11 is 5.73. The van der Waals surface area contributed by atoms with E-state index >= 15 is 0 Å². The predicted molar refractivity (Wildman–Crippen MR) is 58.7 cm³/mol. The van der Waals surface area contributed by atoms with Gasteiger partial charge < -0.3 is 16.2 Å². The maximum absolute atomic E-state index is 9.12. The van der Waals surface area contributed by atoms with Crippen LogP contribution >= 0.6 is 11.6 Å². The van der Waals surface area contributed by atoms with Gasteiger partial charge in [0, 0.05) is 18.0 Å². The Morgan fingerprint density at radius 1 is 1.53 bits per heavy atom. The third kappa shape index (κ3) is 2.49. The first-order chi connectivity index (χ1) is 7.13. The van der Waals surface area contributed by atoms with Crippen molar-refractivity contribution in [2.75, 3.05) is 24.2 Å². The minimum atomic E-state index is 0.0339. The van der Waals surface area contributed by atoms with Gasteiger partial charge in [0.15, 0.2) is 0 Å². The molecule has 0 amide bonds. The number of aromatic nitrogens is 2. The van der Waals surface area contributed by atoms with Crippen LogP contribution in [0, 0.1) is 5.41 Å². The van der Waals surface area contributed by atoms with Gasteiger partial charge in [-0.2, -0.15) is 4.98 Å². The summed E-state index contributed by atoms with van der Waals surface area (Å²) in [7, 11) is 0. The van der Waals surface area contributed by atoms with Crippen LogP contribution in [-0.2, 0) is 0 Å². The number of aliphatic hydroxyl groups excluding tert-OH is 1. The number of nitrogens with one attached hydrogen (secondary N) is 1. The monoisotopic (exact) mass is 228 g/mol. The average molecular weight is 229 g/mol. The van der Waals surface area contributed by atoms with Crippen LogP contribution in [0.3, 0.4) is 0 Å². The van der Waals surface area contributed by atoms with Crippen LogP contribution < -0.4 is 11.1 Å². The van der Waals surface area contributed by atoms with E-state index in [9.17, 15) is 0 Å². The molecule has 0 aromatic carbocycles. The van der Waals surface area contributed by atoms with Crippen molar-refractivity contribution >= 4 is 23.4 Å². The number of halogens is 1. The number of hydrogen-bond acceptors (Lipinski definition) is 5. The first-order valence-electron chi connectivity index (χ1n) is 4.78. The number of nitrogens with zero attached hydrogens (tertiary/aromatic N) is 2. The van der Waals surface area contributed by atoms with E-state index in [1.54, 1.807) is 6.07 Å². The summed E-state index contributed by atoms with van der Waals surface area (Å²) in [6.45, 7) is 0.893. The average Bonchev–Trinajstić information content (AvgIpc) is 2.94. The van der Waals surface area contributed by atoms with Gasteiger partial charge in [-0.15, -0.1) is 0 Å². The van der Waals surface area contributed by atoms with Gasteiger partial charge in [0.05, 0.1) is 6.61 Å². The fourth-order valence-corrected chi connectivity index (χ4v) is 1.56. The standard InChI is InChI=1S/C9H13ClN4O/c10-6-3-7(14-8(11)13-6)12-4-9(5-15)1-2-9/h3,15H,1-2,4-5H2,(H3,11,12,13,14). The molecule has 0 atom stereocenters. The smallest absolute Gasteiger partial charge is 0.223 e. The molecular formula is C9H13ClN4O. The van der Waals surface area contributed by atoms with Crippen molar-refractivity contribution in [3.05, 3.63) is 11.2 Å². The highest BCUT2D eigenvalue weighted by Gasteiger charge is 2.41. The zero-order chi connectivity index (χ0) is 10.9. The molecule has 5 nitrogen and oxygen atoms in total. The lowest BCUT2D eigenvalue weighted by molar-refractivity contribution is 0.219. The number of anilines is 2. The molecule has 0 spiro atoms. The highest BCUT2D eigenvalue weighted by molar-refractivity contribution is 6.29. The molecule has 4 N–H and O–H groups in total. The molecule has 1 heterocycles. The maximum atomic E-state index is 9.12. The van der Waals surface area contributed by atoms with E-state index in [0.717, 1.165) is 12.8 Å². The molecule has 0 bridgehead atoms. The number of nitrogen functional groups attached to an aromatic ring is 1. The lowest BCUT2D eigenvalue weighted by atomic mass is 10.1. The Morgan fingerprint density at radius 2 is 2.27 bits per heavy atom. The topological polar surface area (TPSA) is 84.1 Å². The van der Waals surface area contributed by atoms with Gasteiger partial charge in [0.2, 0.25) is 5.95 Å². The van der Waals surface area contributed by atoms with Crippen molar-refractivity contribution in [3.63, 3.8) is 0 Å². The molecule has 0 saturated heterocycles. The Morgan fingerprint density at radius 3 is 2.80 bits per heavy atom. The Bertz CT molecular complexity index is 347. The molecule has 15 heavy (non-hydrogen) atoms. The highest BCUT2D eigenvalue weighted by atomic mass is 35.5. The first-order valence-corrected chi connectivity index (χ1v) is 5.16. The summed E-state index contributed by atoms with van der Waals surface area (Å²) in [5, 5.41) is 12.5. The van der Waals surface area contributed by atoms with Crippen LogP contribution in [-0.4, -0.2) is 28.2 Å². The quantitative estimate of drug-likeness (QED) is 0.667. The zero-order valence-corrected chi connectivity index (χ0v) is 8.96. The molecule has 2 rings (SSSR count). The molecule has 1 aromatic rings. The van der Waals surface area contributed by atoms with Crippen molar-refractivity contribution in [1.29, 1.82) is 0 Å². The molecular weight excluding hydrogens is 216 g/mol. The lowest BCUT2D eigenvalue weighted by Crippen LogP contribution is -2.19. The van der Waals surface area contributed by atoms with Crippen molar-refractivity contribution in [3.8, 4) is 0 Å². The number of hydrogen-bond donors (Lipinski definition) is 3. The van der Waals surface area contributed by atoms with E-state index < -0.39 is 0 Å². The van der Waals surface area contributed by atoms with Crippen molar-refractivity contribution < 1.29 is 5.11 Å². The zero-order valence-electron chi connectivity index (χ0n) is 8.20. The van der Waals surface area contributed by atoms with E-state index in [4.69, 9.17) is 22.4 Å². The van der Waals surface area contributed by atoms with Gasteiger partial charge in [0.25, 0.3) is 0 Å². The van der Waals surface area contributed by atoms with Crippen molar-refractivity contribution in [2.45, 2.75) is 12.8 Å². The summed E-state index contributed by atoms with van der Waals surface area (Å²) < 4.78 is 0. The van der Waals surface area contributed by atoms with Crippen LogP contribution in [0.5, 0.6) is 0 Å². The summed E-state index contributed by atoms with van der Waals surface area (Å²) in [6.07, 6.45) is 2.09. The van der Waals surface area contributed by atoms with Gasteiger partial charge in [-0.1, -0.05) is 11.6 Å². The Balaban J connectivity index is 1.99. The Labute approximate surface area is 92.7 Å². The number of nitrogens with two attached hydrogens (primary N) is 1. The molecule has 1 aromatic heterocycles. The maximum Gasteiger partial charge on any atom is 0.223 e. The van der Waals surface area contributed by atoms with Crippen LogP contribution in [0.2, 0.25) is 5.15 Å². The van der Waals surface area contributed by atoms with Crippen LogP contribution in [0.1, 0.15) is 12.8 Å². The van der Waals surface area contributed by atoms with Gasteiger partial charge in [-0.25, -0.2) is 4.98 Å². The summed E-state index contributed by atoms with van der Waals surface area (Å²) in [6, 6.07) is 1.62. The fraction of sp³-hybridized carbons (Fsp3) is 0.556. The molecule has 1 aliphatic carbocycles. The van der Waals surface area contributed by atoms with Gasteiger partial charge in [-0.3, -0.25) is 0 Å². The highest BCUT2D eigenvalue weighted by Crippen LogP contribution is 2.44. The van der Waals surface area contributed by atoms with Crippen molar-refractivity contribution in [1.82, 2.24) is 9.97 Å². The second kappa shape index (κ2) is 3.83. The minimum Gasteiger partial charge on any atom is -0.396 e. The summed E-state index contributed by atoms with van der Waals surface area (Å²) in [5.74, 6) is 0.756. The van der Waals surface area contributed by atoms with E-state index in [1.807, 2.05) is 0 Å². The molecule has 6 heteroatoms. The summed E-state index contributed by atoms with van der Waals surface area (Å²) in [4.78, 5) is 7.75. The summed E-state index contributed by atoms with van der Waals surface area (Å²) in [5.41, 5.74) is 5.48. The molecule has 0 aliphatic heterocycles. The Hall–Kier alpha value is -1.07. The largest absolute Gasteiger partial charge is 0.396 e. The molecule has 1 fully saturated rings. The minimum absolute atomic E-state index is 0.0339. The molecule has 0 radical (unpaired) electrons. The van der Waals surface area contributed by atoms with E-state index in [0.29, 0.717) is 17.5 Å². The van der Waals surface area contributed by atoms with Crippen LogP contribution in [0.4, 0.5) is 11.8 Å².